The van der Waals surface area contributed by atoms with E-state index in [1.165, 1.54) is 34.9 Å². The van der Waals surface area contributed by atoms with Crippen LogP contribution in [0, 0.1) is 25.7 Å². The number of likely N-dealkylation sites (N-methyl/N-ethyl adjacent to an activating group) is 1. The van der Waals surface area contributed by atoms with Gasteiger partial charge in [0.15, 0.2) is 0 Å². The van der Waals surface area contributed by atoms with Crippen LogP contribution in [0.4, 0.5) is 4.79 Å². The number of aliphatic hydroxyl groups is 2. The van der Waals surface area contributed by atoms with Crippen molar-refractivity contribution in [3.63, 3.8) is 0 Å². The van der Waals surface area contributed by atoms with E-state index in [4.69, 9.17) is 14.2 Å². The Kier molecular flexibility index (Phi) is 5.81. The van der Waals surface area contributed by atoms with E-state index in [9.17, 15) is 15.0 Å². The summed E-state index contributed by atoms with van der Waals surface area (Å²) in [5, 5.41) is 21.1. The Bertz CT molecular complexity index is 1690. The summed E-state index contributed by atoms with van der Waals surface area (Å²) >= 11 is 0. The molecule has 0 radical (unpaired) electrons. The van der Waals surface area contributed by atoms with E-state index in [1.807, 2.05) is 17.1 Å². The van der Waals surface area contributed by atoms with E-state index in [1.54, 1.807) is 0 Å². The van der Waals surface area contributed by atoms with Crippen molar-refractivity contribution in [2.24, 2.45) is 11.8 Å². The highest BCUT2D eigenvalue weighted by Gasteiger charge is 2.66. The van der Waals surface area contributed by atoms with E-state index in [2.05, 4.69) is 62.2 Å². The number of carbonyl (C=O) groups is 1. The SMILES string of the molecule is COC(=O)N1CC[C@]23c4c5ccc(C)c4O[C@H]2[C@@H](O)C=C[C@H]3C1C5.Cc1ccc2c3c1O[C@H]1[C@@H](O)C=C[C@H]4C(C2)N(C)CC[C@@]341. The summed E-state index contributed by atoms with van der Waals surface area (Å²) in [7, 11) is 3.67. The van der Waals surface area contributed by atoms with E-state index in [0.29, 0.717) is 18.5 Å². The van der Waals surface area contributed by atoms with Crippen molar-refractivity contribution in [2.75, 3.05) is 27.2 Å². The maximum Gasteiger partial charge on any atom is 0.409 e. The van der Waals surface area contributed by atoms with Gasteiger partial charge in [-0.05, 0) is 75.4 Å². The van der Waals surface area contributed by atoms with Crippen LogP contribution in [0.3, 0.4) is 0 Å². The van der Waals surface area contributed by atoms with Crippen LogP contribution in [0.5, 0.6) is 11.5 Å². The summed E-state index contributed by atoms with van der Waals surface area (Å²) in [5.41, 5.74) is 7.49. The number of amides is 1. The van der Waals surface area contributed by atoms with Gasteiger partial charge in [0, 0.05) is 52.4 Å². The zero-order valence-electron chi connectivity index (χ0n) is 26.4. The van der Waals surface area contributed by atoms with E-state index < -0.39 is 12.2 Å². The Labute approximate surface area is 264 Å². The van der Waals surface area contributed by atoms with Gasteiger partial charge in [0.25, 0.3) is 0 Å². The maximum absolute atomic E-state index is 12.3. The first-order chi connectivity index (χ1) is 21.7. The first-order valence-corrected chi connectivity index (χ1v) is 16.6. The van der Waals surface area contributed by atoms with Gasteiger partial charge in [0.1, 0.15) is 35.9 Å². The maximum atomic E-state index is 12.3. The minimum absolute atomic E-state index is 0.000278. The predicted octanol–water partition coefficient (Wildman–Crippen LogP) is 3.74. The number of ether oxygens (including phenoxy) is 3. The Balaban J connectivity index is 0.000000126. The summed E-state index contributed by atoms with van der Waals surface area (Å²) in [5.74, 6) is 2.65. The van der Waals surface area contributed by atoms with Gasteiger partial charge < -0.3 is 34.2 Å². The quantitative estimate of drug-likeness (QED) is 0.440. The summed E-state index contributed by atoms with van der Waals surface area (Å²) < 4.78 is 17.7. The molecule has 8 aliphatic rings. The topological polar surface area (TPSA) is 91.7 Å². The molecule has 2 aromatic carbocycles. The lowest BCUT2D eigenvalue weighted by Gasteiger charge is -2.56. The minimum atomic E-state index is -0.607. The zero-order chi connectivity index (χ0) is 31.0. The minimum Gasteiger partial charge on any atom is -0.486 e. The smallest absolute Gasteiger partial charge is 0.409 e. The van der Waals surface area contributed by atoms with Crippen molar-refractivity contribution in [1.29, 1.82) is 0 Å². The molecule has 2 spiro atoms. The summed E-state index contributed by atoms with van der Waals surface area (Å²) in [6.07, 6.45) is 10.2. The molecule has 236 valence electrons. The van der Waals surface area contributed by atoms with E-state index in [-0.39, 0.29) is 41.1 Å². The van der Waals surface area contributed by atoms with Gasteiger partial charge in [-0.2, -0.15) is 0 Å². The third-order valence-corrected chi connectivity index (χ3v) is 12.9. The average Bonchev–Trinajstić information content (AvgIpc) is 3.58. The standard InChI is InChI=1S/C19H21NO4.C18H21NO2/c1-10-3-4-11-9-13-12-5-6-14(21)17-19(12,15(11)16(10)24-17)7-8-20(13)18(22)23-2;1-10-3-4-11-9-13-12-5-6-14(20)17-18(12,7-8-19(13)2)15(11)16(10)21-17/h3-6,12-14,17,21H,7-9H2,1-2H3;3-6,12-14,17,20H,7-9H2,1-2H3/t12-,13?,14-,17-,19-;12-,13?,14-,17-,18-/m00/s1. The molecule has 2 N–H and O–H groups in total. The number of hydrogen-bond donors (Lipinski definition) is 2. The number of piperidine rings is 2. The monoisotopic (exact) mass is 610 g/mol. The van der Waals surface area contributed by atoms with Crippen molar-refractivity contribution < 1.29 is 29.2 Å². The van der Waals surface area contributed by atoms with E-state index >= 15 is 0 Å². The Morgan fingerprint density at radius 1 is 0.800 bits per heavy atom. The second-order valence-corrected chi connectivity index (χ2v) is 14.6. The highest BCUT2D eigenvalue weighted by Crippen LogP contribution is 2.62. The largest absolute Gasteiger partial charge is 0.486 e. The van der Waals surface area contributed by atoms with E-state index in [0.717, 1.165) is 49.3 Å². The van der Waals surface area contributed by atoms with Crippen LogP contribution in [0.1, 0.15) is 46.2 Å². The third kappa shape index (κ3) is 3.35. The molecule has 4 aliphatic carbocycles. The number of methoxy groups -OCH3 is 1. The van der Waals surface area contributed by atoms with Crippen molar-refractivity contribution in [1.82, 2.24) is 9.80 Å². The molecule has 10 atom stereocenters. The molecule has 2 saturated heterocycles. The third-order valence-electron chi connectivity index (χ3n) is 12.9. The molecule has 4 aliphatic heterocycles. The van der Waals surface area contributed by atoms with Gasteiger partial charge in [-0.3, -0.25) is 0 Å². The number of benzene rings is 2. The molecular formula is C37H42N2O6. The fourth-order valence-electron chi connectivity index (χ4n) is 10.9. The van der Waals surface area contributed by atoms with Gasteiger partial charge in [0.05, 0.1) is 7.11 Å². The molecule has 0 saturated carbocycles. The van der Waals surface area contributed by atoms with Gasteiger partial charge in [0.2, 0.25) is 0 Å². The normalized spacial score (nSPS) is 40.0. The van der Waals surface area contributed by atoms with Crippen LogP contribution in [0.25, 0.3) is 0 Å². The number of nitrogens with zero attached hydrogens (tertiary/aromatic N) is 2. The Morgan fingerprint density at radius 3 is 1.87 bits per heavy atom. The van der Waals surface area contributed by atoms with Crippen LogP contribution >= 0.6 is 0 Å². The Morgan fingerprint density at radius 2 is 1.31 bits per heavy atom. The summed E-state index contributed by atoms with van der Waals surface area (Å²) in [4.78, 5) is 16.6. The predicted molar refractivity (Wildman–Crippen MR) is 168 cm³/mol. The van der Waals surface area contributed by atoms with Crippen molar-refractivity contribution in [2.45, 2.75) is 86.9 Å². The first kappa shape index (κ1) is 27.9. The molecule has 4 bridgehead atoms. The number of carbonyl (C=O) groups excluding carboxylic acids is 1. The number of hydrogen-bond acceptors (Lipinski definition) is 7. The van der Waals surface area contributed by atoms with Crippen LogP contribution < -0.4 is 9.47 Å². The molecule has 2 fully saturated rings. The van der Waals surface area contributed by atoms with Gasteiger partial charge in [-0.25, -0.2) is 4.79 Å². The van der Waals surface area contributed by atoms with Gasteiger partial charge in [-0.15, -0.1) is 0 Å². The van der Waals surface area contributed by atoms with Crippen molar-refractivity contribution in [3.8, 4) is 11.5 Å². The number of rotatable bonds is 0. The lowest BCUT2D eigenvalue weighted by atomic mass is 9.53. The first-order valence-electron chi connectivity index (χ1n) is 16.6. The lowest BCUT2D eigenvalue weighted by molar-refractivity contribution is -0.0470. The Hall–Kier alpha value is -3.33. The van der Waals surface area contributed by atoms with Crippen LogP contribution in [-0.4, -0.2) is 89.9 Å². The van der Waals surface area contributed by atoms with Gasteiger partial charge >= 0.3 is 6.09 Å². The van der Waals surface area contributed by atoms with Crippen molar-refractivity contribution >= 4 is 6.09 Å². The average molecular weight is 611 g/mol. The fourth-order valence-corrected chi connectivity index (χ4v) is 10.9. The van der Waals surface area contributed by atoms with Crippen LogP contribution in [0.15, 0.2) is 48.6 Å². The highest BCUT2D eigenvalue weighted by atomic mass is 16.5. The molecular weight excluding hydrogens is 568 g/mol. The second kappa shape index (κ2) is 9.36. The molecule has 10 rings (SSSR count). The summed E-state index contributed by atoms with van der Waals surface area (Å²) in [6, 6.07) is 9.31. The van der Waals surface area contributed by atoms with Crippen LogP contribution in [0.2, 0.25) is 0 Å². The zero-order valence-corrected chi connectivity index (χ0v) is 26.4. The fraction of sp³-hybridized carbons (Fsp3) is 0.541. The molecule has 2 aromatic rings. The molecule has 8 heteroatoms. The molecule has 1 amide bonds. The number of aliphatic hydroxyl groups excluding tert-OH is 2. The lowest BCUT2D eigenvalue weighted by Crippen LogP contribution is -2.66. The summed E-state index contributed by atoms with van der Waals surface area (Å²) in [6.45, 7) is 5.92. The highest BCUT2D eigenvalue weighted by molar-refractivity contribution is 5.70. The molecule has 4 heterocycles. The molecule has 0 aromatic heterocycles. The molecule has 8 nitrogen and oxygen atoms in total. The molecule has 2 unspecified atom stereocenters. The number of aryl methyl sites for hydroxylation is 2. The molecule has 45 heavy (non-hydrogen) atoms. The van der Waals surface area contributed by atoms with Crippen LogP contribution in [-0.2, 0) is 28.4 Å². The number of likely N-dealkylation sites (tertiary alicyclic amines) is 2. The van der Waals surface area contributed by atoms with Gasteiger partial charge in [-0.1, -0.05) is 48.6 Å². The van der Waals surface area contributed by atoms with Crippen molar-refractivity contribution in [3.05, 3.63) is 82.0 Å². The second-order valence-electron chi connectivity index (χ2n) is 14.6.